The molecule has 2 aromatic rings. The number of nitrogens with zero attached hydrogens (tertiary/aromatic N) is 1. The summed E-state index contributed by atoms with van der Waals surface area (Å²) in [6.45, 7) is 7.01. The smallest absolute Gasteiger partial charge is 0.258 e. The van der Waals surface area contributed by atoms with E-state index in [4.69, 9.17) is 4.74 Å². The first-order valence-electron chi connectivity index (χ1n) is 8.20. The van der Waals surface area contributed by atoms with Crippen molar-refractivity contribution in [1.82, 2.24) is 0 Å². The molecule has 1 aliphatic rings. The van der Waals surface area contributed by atoms with Gasteiger partial charge in [-0.3, -0.25) is 4.79 Å². The molecule has 3 rings (SSSR count). The first-order chi connectivity index (χ1) is 11.1. The van der Waals surface area contributed by atoms with E-state index < -0.39 is 0 Å². The summed E-state index contributed by atoms with van der Waals surface area (Å²) in [6, 6.07) is 15.8. The van der Waals surface area contributed by atoms with Crippen LogP contribution in [0.15, 0.2) is 48.5 Å². The van der Waals surface area contributed by atoms with Crippen LogP contribution in [0.1, 0.15) is 36.7 Å². The highest BCUT2D eigenvalue weighted by atomic mass is 16.5. The minimum atomic E-state index is 0.0536. The van der Waals surface area contributed by atoms with Gasteiger partial charge in [-0.15, -0.1) is 0 Å². The highest BCUT2D eigenvalue weighted by Gasteiger charge is 2.31. The number of amides is 1. The zero-order chi connectivity index (χ0) is 16.4. The van der Waals surface area contributed by atoms with Crippen molar-refractivity contribution in [3.63, 3.8) is 0 Å². The third-order valence-electron chi connectivity index (χ3n) is 4.11. The molecule has 0 unspecified atom stereocenters. The molecule has 1 heterocycles. The lowest BCUT2D eigenvalue weighted by molar-refractivity contribution is 0.0981. The summed E-state index contributed by atoms with van der Waals surface area (Å²) in [5, 5.41) is 0. The van der Waals surface area contributed by atoms with Gasteiger partial charge in [-0.2, -0.15) is 0 Å². The Labute approximate surface area is 137 Å². The van der Waals surface area contributed by atoms with E-state index in [-0.39, 0.29) is 11.9 Å². The fourth-order valence-corrected chi connectivity index (χ4v) is 2.97. The van der Waals surface area contributed by atoms with Crippen LogP contribution in [0.2, 0.25) is 0 Å². The van der Waals surface area contributed by atoms with Gasteiger partial charge in [0.15, 0.2) is 0 Å². The Kier molecular flexibility index (Phi) is 4.37. The lowest BCUT2D eigenvalue weighted by Gasteiger charge is -2.23. The van der Waals surface area contributed by atoms with E-state index in [1.807, 2.05) is 47.4 Å². The lowest BCUT2D eigenvalue weighted by atomic mass is 10.1. The van der Waals surface area contributed by atoms with Crippen LogP contribution in [0.25, 0.3) is 0 Å². The third-order valence-corrected chi connectivity index (χ3v) is 4.11. The number of anilines is 1. The molecule has 0 radical (unpaired) electrons. The van der Waals surface area contributed by atoms with E-state index in [0.717, 1.165) is 17.9 Å². The van der Waals surface area contributed by atoms with Gasteiger partial charge in [0.25, 0.3) is 5.91 Å². The van der Waals surface area contributed by atoms with Crippen molar-refractivity contribution >= 4 is 11.6 Å². The number of carbonyl (C=O) groups is 1. The second-order valence-electron chi connectivity index (χ2n) is 6.59. The maximum atomic E-state index is 12.9. The molecule has 0 aliphatic carbocycles. The Morgan fingerprint density at radius 3 is 2.57 bits per heavy atom. The number of hydrogen-bond acceptors (Lipinski definition) is 2. The number of fused-ring (bicyclic) bond motifs is 1. The Morgan fingerprint density at radius 2 is 1.87 bits per heavy atom. The molecule has 120 valence electrons. The van der Waals surface area contributed by atoms with Crippen LogP contribution in [0.3, 0.4) is 0 Å². The van der Waals surface area contributed by atoms with Crippen molar-refractivity contribution in [2.24, 2.45) is 5.92 Å². The molecule has 3 nitrogen and oxygen atoms in total. The molecule has 1 aliphatic heterocycles. The summed E-state index contributed by atoms with van der Waals surface area (Å²) in [5.74, 6) is 1.35. The molecule has 3 heteroatoms. The van der Waals surface area contributed by atoms with E-state index in [9.17, 15) is 4.79 Å². The van der Waals surface area contributed by atoms with E-state index in [1.54, 1.807) is 0 Å². The van der Waals surface area contributed by atoms with Crippen molar-refractivity contribution in [3.8, 4) is 5.75 Å². The molecule has 23 heavy (non-hydrogen) atoms. The molecule has 1 amide bonds. The summed E-state index contributed by atoms with van der Waals surface area (Å²) in [4.78, 5) is 14.8. The van der Waals surface area contributed by atoms with Crippen LogP contribution < -0.4 is 9.64 Å². The topological polar surface area (TPSA) is 29.5 Å². The molecule has 2 aromatic carbocycles. The Hall–Kier alpha value is -2.29. The van der Waals surface area contributed by atoms with Crippen LogP contribution in [0, 0.1) is 5.92 Å². The minimum Gasteiger partial charge on any atom is -0.493 e. The molecule has 0 saturated carbocycles. The summed E-state index contributed by atoms with van der Waals surface area (Å²) < 4.78 is 5.68. The van der Waals surface area contributed by atoms with Gasteiger partial charge in [0.05, 0.1) is 6.61 Å². The van der Waals surface area contributed by atoms with E-state index >= 15 is 0 Å². The van der Waals surface area contributed by atoms with Gasteiger partial charge in [-0.25, -0.2) is 0 Å². The normalized spacial score (nSPS) is 16.5. The van der Waals surface area contributed by atoms with E-state index in [0.29, 0.717) is 18.1 Å². The maximum Gasteiger partial charge on any atom is 0.258 e. The molecular formula is C20H23NO2. The van der Waals surface area contributed by atoms with Gasteiger partial charge in [0.1, 0.15) is 5.75 Å². The van der Waals surface area contributed by atoms with Gasteiger partial charge >= 0.3 is 0 Å². The highest BCUT2D eigenvalue weighted by molar-refractivity contribution is 6.07. The van der Waals surface area contributed by atoms with Crippen molar-refractivity contribution in [2.45, 2.75) is 33.2 Å². The number of para-hydroxylation sites is 1. The van der Waals surface area contributed by atoms with Crippen LogP contribution in [-0.2, 0) is 6.42 Å². The van der Waals surface area contributed by atoms with Crippen LogP contribution >= 0.6 is 0 Å². The van der Waals surface area contributed by atoms with Crippen LogP contribution in [0.4, 0.5) is 5.69 Å². The van der Waals surface area contributed by atoms with Gasteiger partial charge in [-0.1, -0.05) is 32.0 Å². The molecule has 0 fully saturated rings. The average molecular weight is 309 g/mol. The maximum absolute atomic E-state index is 12.9. The molecule has 0 spiro atoms. The number of carbonyl (C=O) groups excluding carboxylic acids is 1. The van der Waals surface area contributed by atoms with Gasteiger partial charge in [0.2, 0.25) is 0 Å². The second-order valence-corrected chi connectivity index (χ2v) is 6.59. The van der Waals surface area contributed by atoms with Crippen LogP contribution in [0.5, 0.6) is 5.75 Å². The highest BCUT2D eigenvalue weighted by Crippen LogP contribution is 2.33. The molecule has 0 bridgehead atoms. The van der Waals surface area contributed by atoms with Crippen molar-refractivity contribution in [3.05, 3.63) is 59.7 Å². The number of rotatable bonds is 4. The largest absolute Gasteiger partial charge is 0.493 e. The first-order valence-corrected chi connectivity index (χ1v) is 8.20. The summed E-state index contributed by atoms with van der Waals surface area (Å²) >= 11 is 0. The van der Waals surface area contributed by atoms with E-state index in [2.05, 4.69) is 26.8 Å². The fraction of sp³-hybridized carbons (Fsp3) is 0.350. The molecule has 1 atom stereocenters. The number of ether oxygens (including phenoxy) is 1. The monoisotopic (exact) mass is 309 g/mol. The predicted molar refractivity (Wildman–Crippen MR) is 93.2 cm³/mol. The second kappa shape index (κ2) is 6.45. The first kappa shape index (κ1) is 15.6. The Morgan fingerprint density at radius 1 is 1.17 bits per heavy atom. The summed E-state index contributed by atoms with van der Waals surface area (Å²) in [5.41, 5.74) is 2.97. The predicted octanol–water partition coefficient (Wildman–Crippen LogP) is 4.31. The number of hydrogen-bond donors (Lipinski definition) is 0. The zero-order valence-electron chi connectivity index (χ0n) is 14.0. The molecular weight excluding hydrogens is 286 g/mol. The molecule has 0 N–H and O–H groups in total. The van der Waals surface area contributed by atoms with Crippen molar-refractivity contribution in [1.29, 1.82) is 0 Å². The summed E-state index contributed by atoms with van der Waals surface area (Å²) in [7, 11) is 0. The average Bonchev–Trinajstić information content (AvgIpc) is 2.88. The van der Waals surface area contributed by atoms with Crippen molar-refractivity contribution < 1.29 is 9.53 Å². The molecule has 0 saturated heterocycles. The minimum absolute atomic E-state index is 0.0536. The third kappa shape index (κ3) is 3.24. The standard InChI is InChI=1S/C20H23NO2/c1-14(2)13-23-18-10-8-16(9-11-18)20(22)21-15(3)12-17-6-4-5-7-19(17)21/h4-11,14-15H,12-13H2,1-3H3/t15-/m1/s1. The Balaban J connectivity index is 1.78. The van der Waals surface area contributed by atoms with Gasteiger partial charge < -0.3 is 9.64 Å². The SMILES string of the molecule is CC(C)COc1ccc(C(=O)N2c3ccccc3C[C@H]2C)cc1. The Bertz CT molecular complexity index is 691. The van der Waals surface area contributed by atoms with Crippen LogP contribution in [-0.4, -0.2) is 18.6 Å². The van der Waals surface area contributed by atoms with Crippen molar-refractivity contribution in [2.75, 3.05) is 11.5 Å². The molecule has 0 aromatic heterocycles. The van der Waals surface area contributed by atoms with Gasteiger partial charge in [0, 0.05) is 17.3 Å². The van der Waals surface area contributed by atoms with Gasteiger partial charge in [-0.05, 0) is 55.2 Å². The fourth-order valence-electron chi connectivity index (χ4n) is 2.97. The van der Waals surface area contributed by atoms with E-state index in [1.165, 1.54) is 5.56 Å². The number of benzene rings is 2. The summed E-state index contributed by atoms with van der Waals surface area (Å²) in [6.07, 6.45) is 0.914. The zero-order valence-corrected chi connectivity index (χ0v) is 14.0. The lowest BCUT2D eigenvalue weighted by Crippen LogP contribution is -2.35. The quantitative estimate of drug-likeness (QED) is 0.842.